The van der Waals surface area contributed by atoms with Crippen LogP contribution in [-0.4, -0.2) is 19.7 Å². The molecule has 118 valence electrons. The number of aromatic nitrogens is 4. The van der Waals surface area contributed by atoms with Crippen molar-refractivity contribution in [1.29, 1.82) is 0 Å². The summed E-state index contributed by atoms with van der Waals surface area (Å²) in [4.78, 5) is 8.89. The zero-order valence-corrected chi connectivity index (χ0v) is 14.1. The lowest BCUT2D eigenvalue weighted by Crippen LogP contribution is -2.04. The molecule has 0 unspecified atom stereocenters. The van der Waals surface area contributed by atoms with E-state index in [1.165, 1.54) is 0 Å². The number of aryl methyl sites for hydroxylation is 2. The van der Waals surface area contributed by atoms with Crippen LogP contribution in [0.3, 0.4) is 0 Å². The van der Waals surface area contributed by atoms with E-state index in [2.05, 4.69) is 20.4 Å². The summed E-state index contributed by atoms with van der Waals surface area (Å²) in [5, 5.41) is 8.40. The third-order valence-corrected chi connectivity index (χ3v) is 4.00. The number of hydrogen-bond acceptors (Lipinski definition) is 4. The number of rotatable bonds is 4. The summed E-state index contributed by atoms with van der Waals surface area (Å²) < 4.78 is 1.87. The van der Waals surface area contributed by atoms with E-state index < -0.39 is 0 Å². The van der Waals surface area contributed by atoms with Gasteiger partial charge in [-0.3, -0.25) is 4.68 Å². The molecule has 0 aliphatic carbocycles. The minimum absolute atomic E-state index is 0.588. The lowest BCUT2D eigenvalue weighted by Gasteiger charge is -2.07. The molecule has 0 spiro atoms. The molecule has 0 saturated carbocycles. The van der Waals surface area contributed by atoms with Gasteiger partial charge in [0.1, 0.15) is 0 Å². The Morgan fingerprint density at radius 2 is 2.04 bits per heavy atom. The van der Waals surface area contributed by atoms with Crippen LogP contribution >= 0.6 is 11.6 Å². The van der Waals surface area contributed by atoms with Crippen molar-refractivity contribution in [1.82, 2.24) is 19.7 Å². The summed E-state index contributed by atoms with van der Waals surface area (Å²) >= 11 is 6.00. The first-order chi connectivity index (χ1) is 11.0. The molecule has 23 heavy (non-hydrogen) atoms. The van der Waals surface area contributed by atoms with Crippen LogP contribution in [0.15, 0.2) is 36.5 Å². The van der Waals surface area contributed by atoms with Crippen molar-refractivity contribution in [2.75, 3.05) is 5.32 Å². The second-order valence-electron chi connectivity index (χ2n) is 5.42. The average molecular weight is 328 g/mol. The van der Waals surface area contributed by atoms with Crippen LogP contribution in [0.1, 0.15) is 17.0 Å². The lowest BCUT2D eigenvalue weighted by molar-refractivity contribution is 0.731. The van der Waals surface area contributed by atoms with E-state index in [1.54, 1.807) is 6.20 Å². The standard InChI is InChI=1S/C17H18ClN5/c1-11-16(12(2)23(3)22-11)15-7-8-19-17(21-15)20-10-13-5-4-6-14(18)9-13/h4-9H,10H2,1-3H3,(H,19,20,21). The van der Waals surface area contributed by atoms with Crippen LogP contribution in [0.25, 0.3) is 11.3 Å². The highest BCUT2D eigenvalue weighted by Gasteiger charge is 2.13. The van der Waals surface area contributed by atoms with Crippen molar-refractivity contribution in [2.24, 2.45) is 7.05 Å². The van der Waals surface area contributed by atoms with Crippen LogP contribution in [0.5, 0.6) is 0 Å². The van der Waals surface area contributed by atoms with E-state index in [-0.39, 0.29) is 0 Å². The van der Waals surface area contributed by atoms with Gasteiger partial charge in [-0.15, -0.1) is 0 Å². The molecule has 6 heteroatoms. The molecular formula is C17H18ClN5. The number of nitrogens with one attached hydrogen (secondary N) is 1. The zero-order chi connectivity index (χ0) is 16.4. The molecule has 5 nitrogen and oxygen atoms in total. The Hall–Kier alpha value is -2.40. The molecule has 1 N–H and O–H groups in total. The van der Waals surface area contributed by atoms with Gasteiger partial charge in [0.05, 0.1) is 11.4 Å². The molecule has 0 saturated heterocycles. The molecule has 2 heterocycles. The van der Waals surface area contributed by atoms with E-state index in [0.717, 1.165) is 33.2 Å². The Labute approximate surface area is 140 Å². The molecule has 0 fully saturated rings. The van der Waals surface area contributed by atoms with Crippen molar-refractivity contribution in [3.63, 3.8) is 0 Å². The van der Waals surface area contributed by atoms with Crippen molar-refractivity contribution in [3.05, 3.63) is 58.5 Å². The predicted octanol–water partition coefficient (Wildman–Crippen LogP) is 3.76. The molecular weight excluding hydrogens is 310 g/mol. The molecule has 0 amide bonds. The Morgan fingerprint density at radius 1 is 1.22 bits per heavy atom. The third-order valence-electron chi connectivity index (χ3n) is 3.76. The number of benzene rings is 1. The molecule has 1 aromatic carbocycles. The zero-order valence-electron chi connectivity index (χ0n) is 13.3. The van der Waals surface area contributed by atoms with Gasteiger partial charge in [-0.1, -0.05) is 23.7 Å². The number of halogens is 1. The van der Waals surface area contributed by atoms with Gasteiger partial charge in [-0.05, 0) is 37.6 Å². The highest BCUT2D eigenvalue weighted by molar-refractivity contribution is 6.30. The predicted molar refractivity (Wildman–Crippen MR) is 92.5 cm³/mol. The molecule has 0 atom stereocenters. The van der Waals surface area contributed by atoms with E-state index >= 15 is 0 Å². The van der Waals surface area contributed by atoms with E-state index in [4.69, 9.17) is 11.6 Å². The van der Waals surface area contributed by atoms with Gasteiger partial charge in [-0.2, -0.15) is 5.10 Å². The second kappa shape index (κ2) is 6.38. The van der Waals surface area contributed by atoms with Crippen molar-refractivity contribution >= 4 is 17.5 Å². The van der Waals surface area contributed by atoms with Crippen LogP contribution in [0.4, 0.5) is 5.95 Å². The summed E-state index contributed by atoms with van der Waals surface area (Å²) in [5.41, 5.74) is 5.06. The molecule has 3 aromatic rings. The molecule has 0 radical (unpaired) electrons. The van der Waals surface area contributed by atoms with Crippen molar-refractivity contribution < 1.29 is 0 Å². The first-order valence-electron chi connectivity index (χ1n) is 7.36. The largest absolute Gasteiger partial charge is 0.350 e. The summed E-state index contributed by atoms with van der Waals surface area (Å²) in [6, 6.07) is 9.63. The fraction of sp³-hybridized carbons (Fsp3) is 0.235. The molecule has 2 aromatic heterocycles. The quantitative estimate of drug-likeness (QED) is 0.792. The Balaban J connectivity index is 1.83. The van der Waals surface area contributed by atoms with Gasteiger partial charge in [0.2, 0.25) is 5.95 Å². The normalized spacial score (nSPS) is 10.8. The summed E-state index contributed by atoms with van der Waals surface area (Å²) in [5.74, 6) is 0.588. The van der Waals surface area contributed by atoms with Crippen molar-refractivity contribution in [2.45, 2.75) is 20.4 Å². The van der Waals surface area contributed by atoms with Crippen LogP contribution in [0.2, 0.25) is 5.02 Å². The minimum atomic E-state index is 0.588. The Kier molecular flexibility index (Phi) is 4.30. The second-order valence-corrected chi connectivity index (χ2v) is 5.85. The Morgan fingerprint density at radius 3 is 2.74 bits per heavy atom. The van der Waals surface area contributed by atoms with Crippen LogP contribution in [-0.2, 0) is 13.6 Å². The monoisotopic (exact) mass is 327 g/mol. The molecule has 0 aliphatic rings. The van der Waals surface area contributed by atoms with Gasteiger partial charge in [0, 0.05) is 36.1 Å². The van der Waals surface area contributed by atoms with Gasteiger partial charge in [-0.25, -0.2) is 9.97 Å². The fourth-order valence-corrected chi connectivity index (χ4v) is 2.77. The highest BCUT2D eigenvalue weighted by Crippen LogP contribution is 2.25. The maximum atomic E-state index is 6.00. The van der Waals surface area contributed by atoms with Gasteiger partial charge >= 0.3 is 0 Å². The summed E-state index contributed by atoms with van der Waals surface area (Å²) in [6.07, 6.45) is 1.76. The van der Waals surface area contributed by atoms with Gasteiger partial charge < -0.3 is 5.32 Å². The number of hydrogen-bond donors (Lipinski definition) is 1. The first kappa shape index (κ1) is 15.5. The maximum Gasteiger partial charge on any atom is 0.223 e. The smallest absolute Gasteiger partial charge is 0.223 e. The van der Waals surface area contributed by atoms with E-state index in [0.29, 0.717) is 12.5 Å². The topological polar surface area (TPSA) is 55.6 Å². The maximum absolute atomic E-state index is 6.00. The first-order valence-corrected chi connectivity index (χ1v) is 7.74. The van der Waals surface area contributed by atoms with Crippen LogP contribution in [0, 0.1) is 13.8 Å². The van der Waals surface area contributed by atoms with Crippen LogP contribution < -0.4 is 5.32 Å². The summed E-state index contributed by atoms with van der Waals surface area (Å²) in [6.45, 7) is 4.65. The number of anilines is 1. The Bertz CT molecular complexity index is 841. The van der Waals surface area contributed by atoms with Gasteiger partial charge in [0.15, 0.2) is 0 Å². The van der Waals surface area contributed by atoms with Crippen molar-refractivity contribution in [3.8, 4) is 11.3 Å². The summed E-state index contributed by atoms with van der Waals surface area (Å²) in [7, 11) is 1.94. The fourth-order valence-electron chi connectivity index (χ4n) is 2.56. The molecule has 0 bridgehead atoms. The van der Waals surface area contributed by atoms with Gasteiger partial charge in [0.25, 0.3) is 0 Å². The third kappa shape index (κ3) is 3.35. The van der Waals surface area contributed by atoms with E-state index in [1.807, 2.05) is 55.9 Å². The highest BCUT2D eigenvalue weighted by atomic mass is 35.5. The lowest BCUT2D eigenvalue weighted by atomic mass is 10.1. The molecule has 0 aliphatic heterocycles. The van der Waals surface area contributed by atoms with E-state index in [9.17, 15) is 0 Å². The SMILES string of the molecule is Cc1nn(C)c(C)c1-c1ccnc(NCc2cccc(Cl)c2)n1. The minimum Gasteiger partial charge on any atom is -0.350 e. The average Bonchev–Trinajstić information content (AvgIpc) is 2.78. The molecule has 3 rings (SSSR count). The number of nitrogens with zero attached hydrogens (tertiary/aromatic N) is 4.